The lowest BCUT2D eigenvalue weighted by Crippen LogP contribution is -2.33. The molecule has 1 heterocycles. The van der Waals surface area contributed by atoms with E-state index in [1.54, 1.807) is 26.0 Å². The minimum Gasteiger partial charge on any atom is -0.497 e. The topological polar surface area (TPSA) is 86.3 Å². The molecule has 2 N–H and O–H groups in total. The van der Waals surface area contributed by atoms with Crippen LogP contribution in [0.25, 0.3) is 0 Å². The van der Waals surface area contributed by atoms with E-state index in [0.717, 1.165) is 16.9 Å². The Morgan fingerprint density at radius 3 is 2.55 bits per heavy atom. The molecule has 0 aromatic heterocycles. The molecule has 0 spiro atoms. The summed E-state index contributed by atoms with van der Waals surface area (Å²) in [4.78, 5) is 11.2. The fraction of sp³-hybridized carbons (Fsp3) is 0.381. The third kappa shape index (κ3) is 5.07. The molecule has 1 aliphatic heterocycles. The number of carboxylic acid groups (broad SMARTS) is 1. The Hall–Kier alpha value is -2.58. The molecule has 8 heteroatoms. The van der Waals surface area contributed by atoms with E-state index in [0.29, 0.717) is 29.6 Å². The number of hydrogen-bond donors (Lipinski definition) is 2. The lowest BCUT2D eigenvalue weighted by Gasteiger charge is -2.17. The first-order valence-corrected chi connectivity index (χ1v) is 10.3. The van der Waals surface area contributed by atoms with Crippen LogP contribution in [0.4, 0.5) is 0 Å². The van der Waals surface area contributed by atoms with Gasteiger partial charge in [0.15, 0.2) is 11.5 Å². The van der Waals surface area contributed by atoms with Crippen molar-refractivity contribution in [1.82, 2.24) is 5.32 Å². The minimum atomic E-state index is -0.836. The number of carbonyl (C=O) groups is 1. The predicted molar refractivity (Wildman–Crippen MR) is 111 cm³/mol. The molecule has 2 aromatic rings. The maximum atomic E-state index is 11.2. The van der Waals surface area contributed by atoms with Crippen LogP contribution in [0.3, 0.4) is 0 Å². The smallest absolute Gasteiger partial charge is 0.321 e. The molecule has 0 saturated carbocycles. The van der Waals surface area contributed by atoms with Gasteiger partial charge in [-0.1, -0.05) is 6.07 Å². The van der Waals surface area contributed by atoms with Gasteiger partial charge in [-0.15, -0.1) is 11.8 Å². The number of aliphatic carboxylic acids is 1. The molecule has 0 amide bonds. The van der Waals surface area contributed by atoms with Crippen LogP contribution in [0.5, 0.6) is 23.0 Å². The van der Waals surface area contributed by atoms with Gasteiger partial charge in [-0.3, -0.25) is 10.1 Å². The predicted octanol–water partition coefficient (Wildman–Crippen LogP) is 3.47. The number of methoxy groups -OCH3 is 2. The fourth-order valence-electron chi connectivity index (χ4n) is 3.03. The number of rotatable bonds is 9. The first-order valence-electron chi connectivity index (χ1n) is 9.26. The molecule has 3 rings (SSSR count). The zero-order valence-electron chi connectivity index (χ0n) is 16.6. The van der Waals surface area contributed by atoms with Crippen LogP contribution in [-0.2, 0) is 11.4 Å². The lowest BCUT2D eigenvalue weighted by molar-refractivity contribution is -0.138. The van der Waals surface area contributed by atoms with Crippen LogP contribution < -0.4 is 24.3 Å². The first-order chi connectivity index (χ1) is 14.0. The summed E-state index contributed by atoms with van der Waals surface area (Å²) in [6.45, 7) is 2.69. The zero-order chi connectivity index (χ0) is 20.8. The summed E-state index contributed by atoms with van der Waals surface area (Å²) in [5.41, 5.74) is 1.81. The lowest BCUT2D eigenvalue weighted by atomic mass is 10.1. The molecule has 2 atom stereocenters. The van der Waals surface area contributed by atoms with Gasteiger partial charge >= 0.3 is 5.97 Å². The molecule has 1 saturated heterocycles. The Kier molecular flexibility index (Phi) is 7.11. The SMILES string of the molecule is CCOc1cc([C@H]2N[C@H](C(=O)O)CS2)ccc1OCc1cc(OC)ccc1OC. The van der Waals surface area contributed by atoms with E-state index < -0.39 is 12.0 Å². The van der Waals surface area contributed by atoms with Crippen LogP contribution in [0, 0.1) is 0 Å². The quantitative estimate of drug-likeness (QED) is 0.639. The Morgan fingerprint density at radius 2 is 1.90 bits per heavy atom. The zero-order valence-corrected chi connectivity index (χ0v) is 17.5. The van der Waals surface area contributed by atoms with Crippen molar-refractivity contribution >= 4 is 17.7 Å². The maximum absolute atomic E-state index is 11.2. The van der Waals surface area contributed by atoms with Gasteiger partial charge < -0.3 is 24.1 Å². The molecule has 1 aliphatic rings. The maximum Gasteiger partial charge on any atom is 0.321 e. The molecule has 0 bridgehead atoms. The fourth-order valence-corrected chi connectivity index (χ4v) is 4.26. The van der Waals surface area contributed by atoms with Gasteiger partial charge in [-0.25, -0.2) is 0 Å². The van der Waals surface area contributed by atoms with Gasteiger partial charge in [0.05, 0.1) is 26.2 Å². The first kappa shape index (κ1) is 21.1. The van der Waals surface area contributed by atoms with Crippen molar-refractivity contribution in [3.05, 3.63) is 47.5 Å². The number of nitrogens with one attached hydrogen (secondary N) is 1. The van der Waals surface area contributed by atoms with E-state index in [2.05, 4.69) is 5.32 Å². The molecular weight excluding hydrogens is 394 g/mol. The van der Waals surface area contributed by atoms with Crippen molar-refractivity contribution < 1.29 is 28.8 Å². The number of benzene rings is 2. The molecule has 0 radical (unpaired) electrons. The summed E-state index contributed by atoms with van der Waals surface area (Å²) in [6, 6.07) is 10.7. The average molecular weight is 419 g/mol. The van der Waals surface area contributed by atoms with Gasteiger partial charge in [0, 0.05) is 11.3 Å². The van der Waals surface area contributed by atoms with E-state index in [4.69, 9.17) is 18.9 Å². The Bertz CT molecular complexity index is 859. The van der Waals surface area contributed by atoms with E-state index in [9.17, 15) is 9.90 Å². The summed E-state index contributed by atoms with van der Waals surface area (Å²) >= 11 is 1.57. The minimum absolute atomic E-state index is 0.0946. The third-order valence-corrected chi connectivity index (χ3v) is 5.79. The van der Waals surface area contributed by atoms with E-state index in [1.165, 1.54) is 0 Å². The third-order valence-electron chi connectivity index (χ3n) is 4.52. The van der Waals surface area contributed by atoms with Crippen molar-refractivity contribution in [1.29, 1.82) is 0 Å². The molecule has 29 heavy (non-hydrogen) atoms. The Morgan fingerprint density at radius 1 is 1.10 bits per heavy atom. The number of carboxylic acids is 1. The van der Waals surface area contributed by atoms with Gasteiger partial charge in [0.25, 0.3) is 0 Å². The van der Waals surface area contributed by atoms with Crippen molar-refractivity contribution in [2.24, 2.45) is 0 Å². The average Bonchev–Trinajstić information content (AvgIpc) is 3.23. The van der Waals surface area contributed by atoms with E-state index in [1.807, 2.05) is 43.3 Å². The second-order valence-corrected chi connectivity index (χ2v) is 7.51. The summed E-state index contributed by atoms with van der Waals surface area (Å²) in [6.07, 6.45) is 0. The van der Waals surface area contributed by atoms with Crippen LogP contribution in [-0.4, -0.2) is 43.7 Å². The molecule has 1 fully saturated rings. The van der Waals surface area contributed by atoms with Gasteiger partial charge in [0.2, 0.25) is 0 Å². The highest BCUT2D eigenvalue weighted by Crippen LogP contribution is 2.38. The molecule has 0 unspecified atom stereocenters. The monoisotopic (exact) mass is 419 g/mol. The largest absolute Gasteiger partial charge is 0.497 e. The normalized spacial score (nSPS) is 18.3. The van der Waals surface area contributed by atoms with Crippen LogP contribution >= 0.6 is 11.8 Å². The molecule has 0 aliphatic carbocycles. The highest BCUT2D eigenvalue weighted by molar-refractivity contribution is 7.99. The number of ether oxygens (including phenoxy) is 4. The summed E-state index contributed by atoms with van der Waals surface area (Å²) in [7, 11) is 3.23. The van der Waals surface area contributed by atoms with E-state index in [-0.39, 0.29) is 12.0 Å². The van der Waals surface area contributed by atoms with Crippen LogP contribution in [0.2, 0.25) is 0 Å². The summed E-state index contributed by atoms with van der Waals surface area (Å²) < 4.78 is 22.5. The van der Waals surface area contributed by atoms with Gasteiger partial charge in [-0.2, -0.15) is 0 Å². The molecular formula is C21H25NO6S. The highest BCUT2D eigenvalue weighted by Gasteiger charge is 2.30. The summed E-state index contributed by atoms with van der Waals surface area (Å²) in [5.74, 6) is 2.36. The number of hydrogen-bond acceptors (Lipinski definition) is 7. The summed E-state index contributed by atoms with van der Waals surface area (Å²) in [5, 5.41) is 12.2. The molecule has 2 aromatic carbocycles. The Balaban J connectivity index is 1.77. The Labute approximate surface area is 174 Å². The van der Waals surface area contributed by atoms with Crippen LogP contribution in [0.1, 0.15) is 23.4 Å². The number of thioether (sulfide) groups is 1. The second-order valence-electron chi connectivity index (χ2n) is 6.38. The van der Waals surface area contributed by atoms with E-state index >= 15 is 0 Å². The molecule has 156 valence electrons. The molecule has 7 nitrogen and oxygen atoms in total. The van der Waals surface area contributed by atoms with Gasteiger partial charge in [-0.05, 0) is 42.8 Å². The van der Waals surface area contributed by atoms with Gasteiger partial charge in [0.1, 0.15) is 24.1 Å². The van der Waals surface area contributed by atoms with Crippen molar-refractivity contribution in [3.63, 3.8) is 0 Å². The van der Waals surface area contributed by atoms with Crippen molar-refractivity contribution in [2.45, 2.75) is 24.9 Å². The van der Waals surface area contributed by atoms with Crippen LogP contribution in [0.15, 0.2) is 36.4 Å². The standard InChI is InChI=1S/C21H25NO6S/c1-4-27-19-10-13(20-22-16(12-29-20)21(23)24)5-7-18(19)28-11-14-9-15(25-2)6-8-17(14)26-3/h5-10,16,20,22H,4,11-12H2,1-3H3,(H,23,24)/t16-,20-/m0/s1. The highest BCUT2D eigenvalue weighted by atomic mass is 32.2. The van der Waals surface area contributed by atoms with Crippen molar-refractivity contribution in [3.8, 4) is 23.0 Å². The second kappa shape index (κ2) is 9.76. The van der Waals surface area contributed by atoms with Crippen molar-refractivity contribution in [2.75, 3.05) is 26.6 Å².